The number of hydrogen-bond donors (Lipinski definition) is 2. The number of carboxylic acid groups (broad SMARTS) is 1. The van der Waals surface area contributed by atoms with Gasteiger partial charge in [0.1, 0.15) is 5.60 Å². The Morgan fingerprint density at radius 3 is 2.18 bits per heavy atom. The van der Waals surface area contributed by atoms with E-state index in [2.05, 4.69) is 4.72 Å². The minimum absolute atomic E-state index is 0.0368. The van der Waals surface area contributed by atoms with Crippen LogP contribution in [0.25, 0.3) is 11.1 Å². The molecule has 10 heteroatoms. The molecule has 0 spiro atoms. The Labute approximate surface area is 204 Å². The summed E-state index contributed by atoms with van der Waals surface area (Å²) in [7, 11) is -4.00. The van der Waals surface area contributed by atoms with E-state index < -0.39 is 33.9 Å². The molecule has 1 amide bonds. The lowest BCUT2D eigenvalue weighted by molar-refractivity contribution is -0.138. The molecule has 1 aliphatic rings. The van der Waals surface area contributed by atoms with E-state index in [0.717, 1.165) is 11.1 Å². The number of carboxylic acids is 1. The van der Waals surface area contributed by atoms with E-state index in [9.17, 15) is 23.1 Å². The van der Waals surface area contributed by atoms with Gasteiger partial charge < -0.3 is 9.84 Å². The third-order valence-corrected chi connectivity index (χ3v) is 7.16. The van der Waals surface area contributed by atoms with E-state index in [-0.39, 0.29) is 30.2 Å². The number of piperidine rings is 1. The van der Waals surface area contributed by atoms with Crippen LogP contribution in [0.4, 0.5) is 4.79 Å². The van der Waals surface area contributed by atoms with E-state index in [4.69, 9.17) is 16.3 Å². The predicted octanol–water partition coefficient (Wildman–Crippen LogP) is 4.73. The van der Waals surface area contributed by atoms with Gasteiger partial charge in [0.05, 0.1) is 11.1 Å². The number of nitrogens with zero attached hydrogens (tertiary/aromatic N) is 1. The molecule has 8 nitrogen and oxygen atoms in total. The number of benzene rings is 2. The lowest BCUT2D eigenvalue weighted by Gasteiger charge is -2.39. The molecule has 1 fully saturated rings. The molecular weight excluding hydrogens is 480 g/mol. The Morgan fingerprint density at radius 2 is 1.65 bits per heavy atom. The average Bonchev–Trinajstić information content (AvgIpc) is 2.72. The first kappa shape index (κ1) is 26.0. The van der Waals surface area contributed by atoms with E-state index in [1.165, 1.54) is 17.0 Å². The molecule has 2 N–H and O–H groups in total. The highest BCUT2D eigenvalue weighted by Gasteiger charge is 2.37. The van der Waals surface area contributed by atoms with Crippen molar-refractivity contribution in [2.75, 3.05) is 6.54 Å². The Bertz CT molecular complexity index is 1130. The third-order valence-electron chi connectivity index (χ3n) is 5.44. The van der Waals surface area contributed by atoms with Gasteiger partial charge in [-0.25, -0.2) is 13.2 Å². The normalized spacial score (nSPS) is 19.0. The average molecular weight is 509 g/mol. The second-order valence-corrected chi connectivity index (χ2v) is 11.5. The smallest absolute Gasteiger partial charge is 0.411 e. The molecule has 1 saturated heterocycles. The van der Waals surface area contributed by atoms with Crippen LogP contribution in [0.15, 0.2) is 53.4 Å². The van der Waals surface area contributed by atoms with Gasteiger partial charge in [0.25, 0.3) is 0 Å². The summed E-state index contributed by atoms with van der Waals surface area (Å²) in [4.78, 5) is 25.3. The van der Waals surface area contributed by atoms with Crippen molar-refractivity contribution in [3.05, 3.63) is 53.6 Å². The number of likely N-dealkylation sites (tertiary alicyclic amines) is 1. The molecule has 0 aromatic heterocycles. The molecule has 1 aliphatic heterocycles. The van der Waals surface area contributed by atoms with Crippen LogP contribution in [0.3, 0.4) is 0 Å². The van der Waals surface area contributed by atoms with Gasteiger partial charge in [0.2, 0.25) is 10.0 Å². The number of aliphatic carboxylic acids is 1. The van der Waals surface area contributed by atoms with Crippen LogP contribution >= 0.6 is 11.6 Å². The summed E-state index contributed by atoms with van der Waals surface area (Å²) in [5.41, 5.74) is 0.960. The summed E-state index contributed by atoms with van der Waals surface area (Å²) in [5, 5.41) is 9.78. The number of carbonyl (C=O) groups is 2. The van der Waals surface area contributed by atoms with Crippen LogP contribution in [0.5, 0.6) is 0 Å². The molecule has 3 rings (SSSR count). The SMILES string of the molecule is CC(C)(C)OC(=O)N1CCC(CC(=O)O)C[C@H]1NS(=O)(=O)c1ccc(-c2ccc(Cl)cc2)cc1. The Hall–Kier alpha value is -2.62. The maximum atomic E-state index is 13.2. The highest BCUT2D eigenvalue weighted by Crippen LogP contribution is 2.28. The Morgan fingerprint density at radius 1 is 1.09 bits per heavy atom. The van der Waals surface area contributed by atoms with Crippen LogP contribution < -0.4 is 4.72 Å². The lowest BCUT2D eigenvalue weighted by Crippen LogP contribution is -2.55. The summed E-state index contributed by atoms with van der Waals surface area (Å²) < 4.78 is 34.3. The monoisotopic (exact) mass is 508 g/mol. The predicted molar refractivity (Wildman–Crippen MR) is 129 cm³/mol. The highest BCUT2D eigenvalue weighted by molar-refractivity contribution is 7.89. The fraction of sp³-hybridized carbons (Fsp3) is 0.417. The van der Waals surface area contributed by atoms with Crippen molar-refractivity contribution in [2.45, 2.75) is 56.7 Å². The van der Waals surface area contributed by atoms with Gasteiger partial charge in [-0.05, 0) is 74.9 Å². The Kier molecular flexibility index (Phi) is 7.90. The van der Waals surface area contributed by atoms with Crippen molar-refractivity contribution in [1.29, 1.82) is 0 Å². The molecule has 1 heterocycles. The number of nitrogens with one attached hydrogen (secondary N) is 1. The number of rotatable bonds is 6. The van der Waals surface area contributed by atoms with Gasteiger partial charge in [-0.2, -0.15) is 4.72 Å². The van der Waals surface area contributed by atoms with E-state index in [1.54, 1.807) is 45.0 Å². The number of sulfonamides is 1. The zero-order valence-electron chi connectivity index (χ0n) is 19.3. The first-order chi connectivity index (χ1) is 15.8. The summed E-state index contributed by atoms with van der Waals surface area (Å²) in [5.74, 6) is -1.23. The molecular formula is C24H29ClN2O6S. The van der Waals surface area contributed by atoms with E-state index >= 15 is 0 Å². The largest absolute Gasteiger partial charge is 0.481 e. The fourth-order valence-electron chi connectivity index (χ4n) is 3.84. The van der Waals surface area contributed by atoms with Gasteiger partial charge in [0, 0.05) is 18.0 Å². The van der Waals surface area contributed by atoms with Gasteiger partial charge in [-0.3, -0.25) is 9.69 Å². The van der Waals surface area contributed by atoms with Crippen molar-refractivity contribution in [2.24, 2.45) is 5.92 Å². The lowest BCUT2D eigenvalue weighted by atomic mass is 9.92. The van der Waals surface area contributed by atoms with Gasteiger partial charge >= 0.3 is 12.1 Å². The van der Waals surface area contributed by atoms with Crippen LogP contribution in [0.2, 0.25) is 5.02 Å². The number of halogens is 1. The van der Waals surface area contributed by atoms with Crippen LogP contribution in [0, 0.1) is 5.92 Å². The first-order valence-electron chi connectivity index (χ1n) is 10.9. The summed E-state index contributed by atoms with van der Waals surface area (Å²) in [6, 6.07) is 13.6. The number of amides is 1. The third kappa shape index (κ3) is 6.94. The Balaban J connectivity index is 1.81. The molecule has 34 heavy (non-hydrogen) atoms. The topological polar surface area (TPSA) is 113 Å². The molecule has 0 saturated carbocycles. The molecule has 2 aromatic carbocycles. The second-order valence-electron chi connectivity index (χ2n) is 9.33. The number of hydrogen-bond acceptors (Lipinski definition) is 5. The zero-order valence-corrected chi connectivity index (χ0v) is 20.9. The van der Waals surface area contributed by atoms with Crippen molar-refractivity contribution in [3.8, 4) is 11.1 Å². The maximum absolute atomic E-state index is 13.2. The van der Waals surface area contributed by atoms with Gasteiger partial charge in [-0.1, -0.05) is 35.9 Å². The fourth-order valence-corrected chi connectivity index (χ4v) is 5.18. The number of ether oxygens (including phenoxy) is 1. The molecule has 184 valence electrons. The van der Waals surface area contributed by atoms with E-state index in [0.29, 0.717) is 11.4 Å². The van der Waals surface area contributed by atoms with E-state index in [1.807, 2.05) is 12.1 Å². The van der Waals surface area contributed by atoms with Crippen LogP contribution in [-0.4, -0.2) is 48.8 Å². The van der Waals surface area contributed by atoms with Crippen molar-refractivity contribution in [3.63, 3.8) is 0 Å². The summed E-state index contributed by atoms with van der Waals surface area (Å²) in [6.45, 7) is 5.37. The molecule has 0 radical (unpaired) electrons. The van der Waals surface area contributed by atoms with Crippen LogP contribution in [0.1, 0.15) is 40.0 Å². The standard InChI is InChI=1S/C24H29ClN2O6S/c1-24(2,3)33-23(30)27-13-12-16(15-22(28)29)14-21(27)26-34(31,32)20-10-6-18(7-11-20)17-4-8-19(25)9-5-17/h4-11,16,21,26H,12-15H2,1-3H3,(H,28,29)/t16?,21-/m0/s1. The molecule has 2 aromatic rings. The summed E-state index contributed by atoms with van der Waals surface area (Å²) >= 11 is 5.93. The van der Waals surface area contributed by atoms with Crippen molar-refractivity contribution >= 4 is 33.7 Å². The second kappa shape index (κ2) is 10.3. The van der Waals surface area contributed by atoms with Gasteiger partial charge in [-0.15, -0.1) is 0 Å². The van der Waals surface area contributed by atoms with Gasteiger partial charge in [0.15, 0.2) is 0 Å². The number of carbonyl (C=O) groups excluding carboxylic acids is 1. The summed E-state index contributed by atoms with van der Waals surface area (Å²) in [6.07, 6.45) is -1.05. The molecule has 1 unspecified atom stereocenters. The molecule has 0 bridgehead atoms. The maximum Gasteiger partial charge on any atom is 0.411 e. The van der Waals surface area contributed by atoms with Crippen LogP contribution in [-0.2, 0) is 19.6 Å². The minimum Gasteiger partial charge on any atom is -0.481 e. The van der Waals surface area contributed by atoms with Crippen molar-refractivity contribution < 1.29 is 27.9 Å². The quantitative estimate of drug-likeness (QED) is 0.583. The molecule has 0 aliphatic carbocycles. The zero-order chi connectivity index (χ0) is 25.1. The first-order valence-corrected chi connectivity index (χ1v) is 12.8. The minimum atomic E-state index is -4.00. The highest BCUT2D eigenvalue weighted by atomic mass is 35.5. The molecule has 2 atom stereocenters. The van der Waals surface area contributed by atoms with Crippen molar-refractivity contribution in [1.82, 2.24) is 9.62 Å².